The molecule has 0 amide bonds. The second-order valence-electron chi connectivity index (χ2n) is 4.20. The molecule has 86 valence electrons. The highest BCUT2D eigenvalue weighted by molar-refractivity contribution is 7.20. The summed E-state index contributed by atoms with van der Waals surface area (Å²) in [7, 11) is 0. The third kappa shape index (κ3) is 3.63. The van der Waals surface area contributed by atoms with Crippen LogP contribution in [-0.4, -0.2) is 6.04 Å². The average molecular weight is 266 g/mol. The number of nitrogens with one attached hydrogen (secondary N) is 1. The van der Waals surface area contributed by atoms with Crippen molar-refractivity contribution in [3.8, 4) is 0 Å². The van der Waals surface area contributed by atoms with Crippen molar-refractivity contribution in [2.75, 3.05) is 0 Å². The van der Waals surface area contributed by atoms with Gasteiger partial charge in [-0.3, -0.25) is 0 Å². The molecule has 0 aliphatic carbocycles. The molecule has 4 heteroatoms. The van der Waals surface area contributed by atoms with Crippen LogP contribution in [0, 0.1) is 5.92 Å². The molecule has 15 heavy (non-hydrogen) atoms. The molecule has 0 spiro atoms. The Bertz CT molecular complexity index is 322. The Balaban J connectivity index is 2.68. The van der Waals surface area contributed by atoms with E-state index in [9.17, 15) is 0 Å². The normalized spacial score (nSPS) is 15.7. The molecular formula is C11H17Cl2NS. The summed E-state index contributed by atoms with van der Waals surface area (Å²) in [6.07, 6.45) is 0. The predicted molar refractivity (Wildman–Crippen MR) is 70.2 cm³/mol. The Hall–Kier alpha value is 0.240. The Labute approximate surface area is 106 Å². The fourth-order valence-corrected chi connectivity index (χ4v) is 2.97. The molecule has 1 heterocycles. The molecule has 2 atom stereocenters. The molecule has 1 N–H and O–H groups in total. The highest BCUT2D eigenvalue weighted by Gasteiger charge is 2.16. The summed E-state index contributed by atoms with van der Waals surface area (Å²) >= 11 is 13.4. The van der Waals surface area contributed by atoms with Crippen LogP contribution < -0.4 is 5.32 Å². The van der Waals surface area contributed by atoms with Crippen molar-refractivity contribution in [3.63, 3.8) is 0 Å². The molecule has 1 rings (SSSR count). The summed E-state index contributed by atoms with van der Waals surface area (Å²) in [5, 5.41) is 3.51. The Morgan fingerprint density at radius 1 is 1.20 bits per heavy atom. The fraction of sp³-hybridized carbons (Fsp3) is 0.636. The molecule has 0 radical (unpaired) electrons. The lowest BCUT2D eigenvalue weighted by molar-refractivity contribution is 0.389. The Morgan fingerprint density at radius 3 is 2.20 bits per heavy atom. The van der Waals surface area contributed by atoms with Gasteiger partial charge in [-0.15, -0.1) is 11.3 Å². The summed E-state index contributed by atoms with van der Waals surface area (Å²) in [5.74, 6) is 0.611. The molecule has 1 aromatic rings. The summed E-state index contributed by atoms with van der Waals surface area (Å²) in [5.41, 5.74) is 1.10. The minimum absolute atomic E-state index is 0.249. The first kappa shape index (κ1) is 13.3. The molecule has 0 aliphatic heterocycles. The summed E-state index contributed by atoms with van der Waals surface area (Å²) in [6.45, 7) is 8.70. The van der Waals surface area contributed by atoms with Gasteiger partial charge in [-0.25, -0.2) is 0 Å². The highest BCUT2D eigenvalue weighted by Crippen LogP contribution is 2.35. The van der Waals surface area contributed by atoms with Crippen molar-refractivity contribution in [2.24, 2.45) is 5.92 Å². The topological polar surface area (TPSA) is 12.0 Å². The second-order valence-corrected chi connectivity index (χ2v) is 6.49. The minimum atomic E-state index is 0.249. The van der Waals surface area contributed by atoms with Gasteiger partial charge in [-0.2, -0.15) is 0 Å². The van der Waals surface area contributed by atoms with Crippen LogP contribution in [0.15, 0.2) is 6.07 Å². The van der Waals surface area contributed by atoms with E-state index in [-0.39, 0.29) is 6.04 Å². The third-order valence-electron chi connectivity index (χ3n) is 2.66. The predicted octanol–water partition coefficient (Wildman–Crippen LogP) is 4.75. The van der Waals surface area contributed by atoms with E-state index in [1.165, 1.54) is 11.3 Å². The molecule has 0 bridgehead atoms. The number of rotatable bonds is 4. The largest absolute Gasteiger partial charge is 0.307 e. The van der Waals surface area contributed by atoms with E-state index in [1.54, 1.807) is 0 Å². The smallest absolute Gasteiger partial charge is 0.0991 e. The summed E-state index contributed by atoms with van der Waals surface area (Å²) in [4.78, 5) is 0. The van der Waals surface area contributed by atoms with Crippen LogP contribution in [0.1, 0.15) is 39.3 Å². The van der Waals surface area contributed by atoms with E-state index in [4.69, 9.17) is 23.2 Å². The van der Waals surface area contributed by atoms with Crippen LogP contribution in [0.25, 0.3) is 0 Å². The molecule has 0 saturated carbocycles. The van der Waals surface area contributed by atoms with Gasteiger partial charge in [0.2, 0.25) is 0 Å². The number of halogens is 2. The van der Waals surface area contributed by atoms with Gasteiger partial charge in [0.1, 0.15) is 0 Å². The first-order valence-electron chi connectivity index (χ1n) is 5.12. The van der Waals surface area contributed by atoms with Crippen molar-refractivity contribution in [2.45, 2.75) is 39.8 Å². The number of hydrogen-bond acceptors (Lipinski definition) is 2. The molecule has 1 nitrogen and oxygen atoms in total. The molecule has 0 saturated heterocycles. The van der Waals surface area contributed by atoms with Crippen LogP contribution in [0.3, 0.4) is 0 Å². The highest BCUT2D eigenvalue weighted by atomic mass is 35.5. The van der Waals surface area contributed by atoms with Crippen LogP contribution >= 0.6 is 34.5 Å². The van der Waals surface area contributed by atoms with E-state index in [0.29, 0.717) is 12.0 Å². The van der Waals surface area contributed by atoms with E-state index < -0.39 is 0 Å². The molecule has 1 aromatic heterocycles. The fourth-order valence-electron chi connectivity index (χ4n) is 1.32. The van der Waals surface area contributed by atoms with E-state index >= 15 is 0 Å². The molecule has 2 unspecified atom stereocenters. The van der Waals surface area contributed by atoms with E-state index in [2.05, 4.69) is 33.0 Å². The van der Waals surface area contributed by atoms with Crippen molar-refractivity contribution < 1.29 is 0 Å². The van der Waals surface area contributed by atoms with E-state index in [1.807, 2.05) is 6.07 Å². The summed E-state index contributed by atoms with van der Waals surface area (Å²) in [6, 6.07) is 2.66. The lowest BCUT2D eigenvalue weighted by Gasteiger charge is -2.22. The van der Waals surface area contributed by atoms with Gasteiger partial charge in [0.05, 0.1) is 8.67 Å². The molecule has 0 fully saturated rings. The first-order valence-corrected chi connectivity index (χ1v) is 6.69. The van der Waals surface area contributed by atoms with Gasteiger partial charge >= 0.3 is 0 Å². The van der Waals surface area contributed by atoms with Gasteiger partial charge in [0.25, 0.3) is 0 Å². The first-order chi connectivity index (χ1) is 6.91. The summed E-state index contributed by atoms with van der Waals surface area (Å²) < 4.78 is 1.54. The molecule has 0 aliphatic rings. The third-order valence-corrected chi connectivity index (χ3v) is 4.18. The van der Waals surface area contributed by atoms with Crippen molar-refractivity contribution in [1.29, 1.82) is 0 Å². The zero-order valence-electron chi connectivity index (χ0n) is 9.47. The number of thiophene rings is 1. The second kappa shape index (κ2) is 5.53. The standard InChI is InChI=1S/C11H17Cl2NS/c1-6(2)7(3)14-8(4)9-5-10(12)15-11(9)13/h5-8,14H,1-4H3. The molecule has 0 aromatic carbocycles. The lowest BCUT2D eigenvalue weighted by atomic mass is 10.0. The SMILES string of the molecule is CC(NC(C)C(C)C)c1cc(Cl)sc1Cl. The van der Waals surface area contributed by atoms with Crippen molar-refractivity contribution in [1.82, 2.24) is 5.32 Å². The van der Waals surface area contributed by atoms with Crippen molar-refractivity contribution >= 4 is 34.5 Å². The molecular weight excluding hydrogens is 249 g/mol. The number of hydrogen-bond donors (Lipinski definition) is 1. The zero-order chi connectivity index (χ0) is 11.6. The maximum Gasteiger partial charge on any atom is 0.0991 e. The van der Waals surface area contributed by atoms with Crippen LogP contribution in [-0.2, 0) is 0 Å². The van der Waals surface area contributed by atoms with Gasteiger partial charge < -0.3 is 5.32 Å². The van der Waals surface area contributed by atoms with Crippen molar-refractivity contribution in [3.05, 3.63) is 20.3 Å². The van der Waals surface area contributed by atoms with Gasteiger partial charge in [-0.05, 0) is 31.4 Å². The Morgan fingerprint density at radius 2 is 1.80 bits per heavy atom. The van der Waals surface area contributed by atoms with Gasteiger partial charge in [-0.1, -0.05) is 37.0 Å². The monoisotopic (exact) mass is 265 g/mol. The maximum absolute atomic E-state index is 6.10. The van der Waals surface area contributed by atoms with Crippen LogP contribution in [0.5, 0.6) is 0 Å². The lowest BCUT2D eigenvalue weighted by Crippen LogP contribution is -2.32. The van der Waals surface area contributed by atoms with Crippen LogP contribution in [0.2, 0.25) is 8.67 Å². The zero-order valence-corrected chi connectivity index (χ0v) is 11.8. The van der Waals surface area contributed by atoms with E-state index in [0.717, 1.165) is 14.2 Å². The van der Waals surface area contributed by atoms with Gasteiger partial charge in [0, 0.05) is 12.1 Å². The van der Waals surface area contributed by atoms with Gasteiger partial charge in [0.15, 0.2) is 0 Å². The quantitative estimate of drug-likeness (QED) is 0.829. The average Bonchev–Trinajstić information content (AvgIpc) is 2.44. The van der Waals surface area contributed by atoms with Crippen LogP contribution in [0.4, 0.5) is 0 Å². The Kier molecular flexibility index (Phi) is 4.91. The minimum Gasteiger partial charge on any atom is -0.307 e. The maximum atomic E-state index is 6.10.